The van der Waals surface area contributed by atoms with Gasteiger partial charge in [0.1, 0.15) is 0 Å². The lowest BCUT2D eigenvalue weighted by molar-refractivity contribution is -0.141. The fourth-order valence-corrected chi connectivity index (χ4v) is 2.81. The van der Waals surface area contributed by atoms with Crippen LogP contribution in [0.25, 0.3) is 0 Å². The number of carboxylic acid groups (broad SMARTS) is 1. The summed E-state index contributed by atoms with van der Waals surface area (Å²) >= 11 is 0. The van der Waals surface area contributed by atoms with Crippen LogP contribution in [0.15, 0.2) is 0 Å². The summed E-state index contributed by atoms with van der Waals surface area (Å²) in [6.07, 6.45) is 6.70. The van der Waals surface area contributed by atoms with Crippen LogP contribution in [0, 0.1) is 17.8 Å². The van der Waals surface area contributed by atoms with Crippen molar-refractivity contribution in [2.75, 3.05) is 0 Å². The zero-order chi connectivity index (χ0) is 15.1. The molecule has 1 aliphatic carbocycles. The van der Waals surface area contributed by atoms with E-state index in [9.17, 15) is 9.59 Å². The maximum Gasteiger partial charge on any atom is 0.306 e. The number of carbonyl (C=O) groups is 2. The Morgan fingerprint density at radius 2 is 1.75 bits per heavy atom. The molecule has 1 saturated carbocycles. The molecule has 0 saturated heterocycles. The number of amides is 1. The van der Waals surface area contributed by atoms with Crippen LogP contribution in [-0.4, -0.2) is 23.0 Å². The highest BCUT2D eigenvalue weighted by molar-refractivity contribution is 5.78. The van der Waals surface area contributed by atoms with Gasteiger partial charge in [-0.1, -0.05) is 20.3 Å². The lowest BCUT2D eigenvalue weighted by atomic mass is 9.82. The topological polar surface area (TPSA) is 66.4 Å². The number of nitrogens with one attached hydrogen (secondary N) is 1. The highest BCUT2D eigenvalue weighted by Gasteiger charge is 2.25. The van der Waals surface area contributed by atoms with Crippen LogP contribution in [0.3, 0.4) is 0 Å². The summed E-state index contributed by atoms with van der Waals surface area (Å²) in [5, 5.41) is 11.9. The van der Waals surface area contributed by atoms with Crippen LogP contribution >= 0.6 is 0 Å². The van der Waals surface area contributed by atoms with Gasteiger partial charge in [0.05, 0.1) is 5.92 Å². The molecule has 4 nitrogen and oxygen atoms in total. The third-order valence-electron chi connectivity index (χ3n) is 4.47. The Morgan fingerprint density at radius 3 is 2.30 bits per heavy atom. The summed E-state index contributed by atoms with van der Waals surface area (Å²) < 4.78 is 0. The van der Waals surface area contributed by atoms with Crippen molar-refractivity contribution in [1.82, 2.24) is 5.32 Å². The average molecular weight is 283 g/mol. The van der Waals surface area contributed by atoms with Gasteiger partial charge in [-0.05, 0) is 51.4 Å². The Balaban J connectivity index is 2.19. The molecule has 0 aromatic carbocycles. The second-order valence-electron chi connectivity index (χ2n) is 6.54. The van der Waals surface area contributed by atoms with Crippen LogP contribution in [0.4, 0.5) is 0 Å². The van der Waals surface area contributed by atoms with E-state index in [1.165, 1.54) is 0 Å². The first-order chi connectivity index (χ1) is 9.40. The minimum Gasteiger partial charge on any atom is -0.481 e. The maximum atomic E-state index is 12.1. The van der Waals surface area contributed by atoms with Crippen molar-refractivity contribution in [3.8, 4) is 0 Å². The summed E-state index contributed by atoms with van der Waals surface area (Å²) in [5.41, 5.74) is 0. The van der Waals surface area contributed by atoms with Crippen LogP contribution in [0.5, 0.6) is 0 Å². The number of carboxylic acids is 1. The maximum absolute atomic E-state index is 12.1. The van der Waals surface area contributed by atoms with Crippen LogP contribution in [0.1, 0.15) is 65.7 Å². The molecular formula is C16H29NO3. The number of carbonyl (C=O) groups excluding carboxylic acids is 1. The number of aliphatic carboxylic acids is 1. The zero-order valence-corrected chi connectivity index (χ0v) is 13.0. The second kappa shape index (κ2) is 8.28. The Hall–Kier alpha value is -1.06. The Morgan fingerprint density at radius 1 is 1.15 bits per heavy atom. The molecule has 4 heteroatoms. The van der Waals surface area contributed by atoms with Crippen molar-refractivity contribution in [2.24, 2.45) is 17.8 Å². The Bertz CT molecular complexity index is 322. The standard InChI is InChI=1S/C16H29NO3/c1-11-7-9-14(10-8-11)15(18)17-13(3)6-4-5-12(2)16(19)20/h11-14H,4-10H2,1-3H3,(H,17,18)(H,19,20). The predicted octanol–water partition coefficient (Wildman–Crippen LogP) is 3.21. The summed E-state index contributed by atoms with van der Waals surface area (Å²) in [4.78, 5) is 22.8. The van der Waals surface area contributed by atoms with E-state index in [2.05, 4.69) is 12.2 Å². The van der Waals surface area contributed by atoms with E-state index in [4.69, 9.17) is 5.11 Å². The molecular weight excluding hydrogens is 254 g/mol. The number of hydrogen-bond donors (Lipinski definition) is 2. The highest BCUT2D eigenvalue weighted by atomic mass is 16.4. The first-order valence-electron chi connectivity index (χ1n) is 7.93. The summed E-state index contributed by atoms with van der Waals surface area (Å²) in [6, 6.07) is 0.142. The van der Waals surface area contributed by atoms with Crippen molar-refractivity contribution >= 4 is 11.9 Å². The molecule has 116 valence electrons. The third kappa shape index (κ3) is 5.93. The van der Waals surface area contributed by atoms with Crippen LogP contribution < -0.4 is 5.32 Å². The van der Waals surface area contributed by atoms with Crippen molar-refractivity contribution in [3.63, 3.8) is 0 Å². The monoisotopic (exact) mass is 283 g/mol. The normalized spacial score (nSPS) is 25.8. The van der Waals surface area contributed by atoms with Gasteiger partial charge in [0.25, 0.3) is 0 Å². The van der Waals surface area contributed by atoms with E-state index in [-0.39, 0.29) is 23.8 Å². The third-order valence-corrected chi connectivity index (χ3v) is 4.47. The molecule has 0 radical (unpaired) electrons. The Kier molecular flexibility index (Phi) is 7.03. The van der Waals surface area contributed by atoms with E-state index >= 15 is 0 Å². The molecule has 0 aromatic rings. The largest absolute Gasteiger partial charge is 0.481 e. The fourth-order valence-electron chi connectivity index (χ4n) is 2.81. The number of rotatable bonds is 7. The quantitative estimate of drug-likeness (QED) is 0.754. The first kappa shape index (κ1) is 17.0. The van der Waals surface area contributed by atoms with E-state index < -0.39 is 5.97 Å². The van der Waals surface area contributed by atoms with Gasteiger partial charge in [0.2, 0.25) is 5.91 Å². The first-order valence-corrected chi connectivity index (χ1v) is 7.93. The van der Waals surface area contributed by atoms with Gasteiger partial charge in [-0.2, -0.15) is 0 Å². The average Bonchev–Trinajstić information content (AvgIpc) is 2.39. The van der Waals surface area contributed by atoms with Gasteiger partial charge in [-0.25, -0.2) is 0 Å². The van der Waals surface area contributed by atoms with Gasteiger partial charge in [0.15, 0.2) is 0 Å². The SMILES string of the molecule is CC1CCC(C(=O)NC(C)CCCC(C)C(=O)O)CC1. The molecule has 0 bridgehead atoms. The molecule has 1 fully saturated rings. The molecule has 0 aliphatic heterocycles. The lowest BCUT2D eigenvalue weighted by Crippen LogP contribution is -2.38. The van der Waals surface area contributed by atoms with Gasteiger partial charge in [0, 0.05) is 12.0 Å². The second-order valence-corrected chi connectivity index (χ2v) is 6.54. The van der Waals surface area contributed by atoms with Crippen molar-refractivity contribution in [3.05, 3.63) is 0 Å². The molecule has 0 spiro atoms. The number of hydrogen-bond acceptors (Lipinski definition) is 2. The molecule has 1 aliphatic rings. The molecule has 2 N–H and O–H groups in total. The highest BCUT2D eigenvalue weighted by Crippen LogP contribution is 2.28. The summed E-state index contributed by atoms with van der Waals surface area (Å²) in [6.45, 7) is 5.99. The molecule has 2 atom stereocenters. The minimum atomic E-state index is -0.738. The minimum absolute atomic E-state index is 0.142. The van der Waals surface area contributed by atoms with Gasteiger partial charge < -0.3 is 10.4 Å². The molecule has 1 amide bonds. The van der Waals surface area contributed by atoms with E-state index in [0.717, 1.165) is 44.4 Å². The molecule has 2 unspecified atom stereocenters. The zero-order valence-electron chi connectivity index (χ0n) is 13.0. The van der Waals surface area contributed by atoms with E-state index in [1.54, 1.807) is 6.92 Å². The fraction of sp³-hybridized carbons (Fsp3) is 0.875. The van der Waals surface area contributed by atoms with E-state index in [1.807, 2.05) is 6.92 Å². The predicted molar refractivity (Wildman–Crippen MR) is 79.4 cm³/mol. The molecule has 0 aromatic heterocycles. The van der Waals surface area contributed by atoms with Gasteiger partial charge in [-0.15, -0.1) is 0 Å². The summed E-state index contributed by atoms with van der Waals surface area (Å²) in [5.74, 6) is 0.104. The van der Waals surface area contributed by atoms with E-state index in [0.29, 0.717) is 6.42 Å². The Labute approximate surface area is 122 Å². The molecule has 20 heavy (non-hydrogen) atoms. The van der Waals surface area contributed by atoms with Gasteiger partial charge >= 0.3 is 5.97 Å². The lowest BCUT2D eigenvalue weighted by Gasteiger charge is -2.26. The van der Waals surface area contributed by atoms with Gasteiger partial charge in [-0.3, -0.25) is 9.59 Å². The smallest absolute Gasteiger partial charge is 0.306 e. The molecule has 1 rings (SSSR count). The van der Waals surface area contributed by atoms with Crippen LogP contribution in [0.2, 0.25) is 0 Å². The van der Waals surface area contributed by atoms with Crippen molar-refractivity contribution < 1.29 is 14.7 Å². The summed E-state index contributed by atoms with van der Waals surface area (Å²) in [7, 11) is 0. The molecule has 0 heterocycles. The van der Waals surface area contributed by atoms with Crippen molar-refractivity contribution in [2.45, 2.75) is 71.8 Å². The van der Waals surface area contributed by atoms with Crippen molar-refractivity contribution in [1.29, 1.82) is 0 Å². The van der Waals surface area contributed by atoms with Crippen LogP contribution in [-0.2, 0) is 9.59 Å².